The molecule has 7 rings (SSSR count). The van der Waals surface area contributed by atoms with Crippen molar-refractivity contribution in [1.82, 2.24) is 50.1 Å². The van der Waals surface area contributed by atoms with E-state index >= 15 is 0 Å². The average molecular weight is 1480 g/mol. The molecule has 11 heteroatoms. The van der Waals surface area contributed by atoms with Crippen molar-refractivity contribution in [3.05, 3.63) is 189 Å². The SMILES string of the molecule is CC.CC.CC.CC.CC.CC.CC.CC(C)c1cccnc1C(C)C.CC(C)c1cccnc1C(C)C.CC(C)c1ccncc1C(C)C.CC(C)c1ccncc1C(C)C.CC(C)c1ccnnc1C(C)C.CC(C)c1nccnc1C(C)C.CCCC.Cc1cncnc1C(C)C.[Y]. The number of unbranched alkanes of at least 4 members (excludes halogenated alkanes) is 1. The molecule has 10 nitrogen and oxygen atoms in total. The molecule has 0 spiro atoms. The summed E-state index contributed by atoms with van der Waals surface area (Å²) in [5, 5.41) is 8.05. The van der Waals surface area contributed by atoms with E-state index < -0.39 is 0 Å². The van der Waals surface area contributed by atoms with Gasteiger partial charge in [-0.15, -0.1) is 0 Å². The van der Waals surface area contributed by atoms with Gasteiger partial charge in [0.2, 0.25) is 0 Å². The Balaban J connectivity index is -0.000000134. The van der Waals surface area contributed by atoms with E-state index in [4.69, 9.17) is 0 Å². The van der Waals surface area contributed by atoms with E-state index in [-0.39, 0.29) is 32.7 Å². The van der Waals surface area contributed by atoms with Gasteiger partial charge >= 0.3 is 0 Å². The van der Waals surface area contributed by atoms with Gasteiger partial charge in [-0.25, -0.2) is 9.97 Å². The Morgan fingerprint density at radius 2 is 0.515 bits per heavy atom. The number of aromatic nitrogens is 10. The fourth-order valence-electron chi connectivity index (χ4n) is 9.20. The molecule has 0 aliphatic rings. The first-order chi connectivity index (χ1) is 47.4. The van der Waals surface area contributed by atoms with Crippen molar-refractivity contribution in [3.63, 3.8) is 0 Å². The monoisotopic (exact) mass is 1470 g/mol. The van der Waals surface area contributed by atoms with E-state index in [1.807, 2.05) is 159 Å². The Kier molecular flexibility index (Phi) is 84.6. The number of pyridine rings is 4. The van der Waals surface area contributed by atoms with Gasteiger partial charge in [-0.05, 0) is 159 Å². The van der Waals surface area contributed by atoms with Gasteiger partial charge in [0.1, 0.15) is 6.33 Å². The van der Waals surface area contributed by atoms with Crippen LogP contribution < -0.4 is 0 Å². The summed E-state index contributed by atoms with van der Waals surface area (Å²) in [6.07, 6.45) is 22.9. The molecule has 0 aliphatic carbocycles. The summed E-state index contributed by atoms with van der Waals surface area (Å²) in [6, 6.07) is 14.7. The summed E-state index contributed by atoms with van der Waals surface area (Å²) in [6.45, 7) is 91.3. The predicted octanol–water partition coefficient (Wildman–Crippen LogP) is 29.7. The second kappa shape index (κ2) is 74.7. The second-order valence-electron chi connectivity index (χ2n) is 26.3. The Morgan fingerprint density at radius 3 is 0.733 bits per heavy atom. The van der Waals surface area contributed by atoms with E-state index in [2.05, 4.69) is 274 Å². The maximum Gasteiger partial charge on any atom is 0.115 e. The van der Waals surface area contributed by atoms with Gasteiger partial charge in [-0.1, -0.05) is 316 Å². The summed E-state index contributed by atoms with van der Waals surface area (Å²) >= 11 is 0. The number of hydrogen-bond donors (Lipinski definition) is 0. The minimum absolute atomic E-state index is 0. The molecule has 0 fully saturated rings. The minimum Gasteiger partial charge on any atom is -0.264 e. The van der Waals surface area contributed by atoms with Gasteiger partial charge in [-0.2, -0.15) is 10.2 Å². The summed E-state index contributed by atoms with van der Waals surface area (Å²) < 4.78 is 0. The van der Waals surface area contributed by atoms with Crippen LogP contribution in [0.15, 0.2) is 111 Å². The molecule has 1 radical (unpaired) electrons. The zero-order chi connectivity index (χ0) is 79.8. The summed E-state index contributed by atoms with van der Waals surface area (Å²) in [5.74, 6) is 7.03. The first-order valence-electron chi connectivity index (χ1n) is 39.5. The average Bonchev–Trinajstić information content (AvgIpc) is 0.906. The third-order valence-electron chi connectivity index (χ3n) is 14.1. The first kappa shape index (κ1) is 114. The fourth-order valence-corrected chi connectivity index (χ4v) is 9.20. The normalized spacial score (nSPS) is 9.70. The van der Waals surface area contributed by atoms with Crippen LogP contribution in [0, 0.1) is 6.92 Å². The van der Waals surface area contributed by atoms with Crippen molar-refractivity contribution in [2.24, 2.45) is 0 Å². The van der Waals surface area contributed by atoms with E-state index in [0.29, 0.717) is 76.9 Å². The minimum atomic E-state index is 0. The van der Waals surface area contributed by atoms with Crippen LogP contribution >= 0.6 is 0 Å². The Labute approximate surface area is 655 Å². The number of aryl methyl sites for hydroxylation is 1. The molecular formula is C90H164N10Y. The third-order valence-corrected chi connectivity index (χ3v) is 14.1. The summed E-state index contributed by atoms with van der Waals surface area (Å²) in [7, 11) is 0. The molecule has 7 heterocycles. The van der Waals surface area contributed by atoms with Gasteiger partial charge in [0.05, 0.1) is 17.1 Å². The van der Waals surface area contributed by atoms with Crippen LogP contribution in [0.4, 0.5) is 0 Å². The van der Waals surface area contributed by atoms with Crippen LogP contribution in [-0.2, 0) is 32.7 Å². The molecule has 577 valence electrons. The smallest absolute Gasteiger partial charge is 0.115 e. The largest absolute Gasteiger partial charge is 0.264 e. The molecule has 7 aromatic heterocycles. The van der Waals surface area contributed by atoms with Crippen molar-refractivity contribution in [3.8, 4) is 0 Å². The van der Waals surface area contributed by atoms with Crippen LogP contribution in [0.1, 0.15) is 459 Å². The van der Waals surface area contributed by atoms with Gasteiger partial charge in [0.25, 0.3) is 0 Å². The topological polar surface area (TPSA) is 129 Å². The molecule has 0 saturated carbocycles. The van der Waals surface area contributed by atoms with Crippen LogP contribution in [0.3, 0.4) is 0 Å². The molecule has 0 N–H and O–H groups in total. The molecule has 0 aromatic carbocycles. The molecular weight excluding hydrogens is 1310 g/mol. The quantitative estimate of drug-likeness (QED) is 0.104. The molecule has 0 amide bonds. The Hall–Kier alpha value is -5.06. The van der Waals surface area contributed by atoms with Crippen LogP contribution in [0.2, 0.25) is 0 Å². The van der Waals surface area contributed by atoms with Crippen molar-refractivity contribution in [1.29, 1.82) is 0 Å². The van der Waals surface area contributed by atoms with Crippen molar-refractivity contribution >= 4 is 0 Å². The number of nitrogens with zero attached hydrogens (tertiary/aromatic N) is 10. The van der Waals surface area contributed by atoms with E-state index in [0.717, 1.165) is 22.8 Å². The van der Waals surface area contributed by atoms with E-state index in [1.165, 1.54) is 68.7 Å². The molecule has 0 atom stereocenters. The molecule has 101 heavy (non-hydrogen) atoms. The maximum atomic E-state index is 4.40. The van der Waals surface area contributed by atoms with Crippen molar-refractivity contribution in [2.45, 2.75) is 387 Å². The Morgan fingerprint density at radius 1 is 0.248 bits per heavy atom. The molecule has 7 aromatic rings. The van der Waals surface area contributed by atoms with Crippen molar-refractivity contribution < 1.29 is 32.7 Å². The van der Waals surface area contributed by atoms with Crippen LogP contribution in [0.5, 0.6) is 0 Å². The number of rotatable bonds is 14. The standard InChI is InChI=1S/4C11H17N.2C10H16N2.C8H12N2.C4H10.7C2H6.Y/c2*1-8(2)10-5-6-12-7-11(10)9(3)4;2*1-8(2)10-6-5-7-12-11(10)9(3)4;1-7(2)9-10(8(3)4)12-6-5-11-9;1-7(2)9-5-6-11-12-10(9)8(3)4;1-6(2)8-7(3)4-9-5-10-8;1-3-4-2;7*1-2;/h4*5-9H,1-4H3;2*5-8H,1-4H3;4-6H,1-3H3;3-4H2,1-2H3;7*1-2H3;. The zero-order valence-corrected chi connectivity index (χ0v) is 77.2. The zero-order valence-electron chi connectivity index (χ0n) is 74.4. The molecule has 0 bridgehead atoms. The van der Waals surface area contributed by atoms with Crippen molar-refractivity contribution in [2.75, 3.05) is 0 Å². The van der Waals surface area contributed by atoms with Gasteiger partial charge in [0, 0.05) is 112 Å². The van der Waals surface area contributed by atoms with Crippen LogP contribution in [-0.4, -0.2) is 50.1 Å². The first-order valence-corrected chi connectivity index (χ1v) is 39.5. The van der Waals surface area contributed by atoms with E-state index in [1.54, 1.807) is 24.9 Å². The molecule has 0 saturated heterocycles. The molecule has 0 aliphatic heterocycles. The summed E-state index contributed by atoms with van der Waals surface area (Å²) in [4.78, 5) is 33.9. The maximum absolute atomic E-state index is 4.40. The third kappa shape index (κ3) is 52.5. The second-order valence-corrected chi connectivity index (χ2v) is 26.3. The van der Waals surface area contributed by atoms with Gasteiger partial charge in [-0.3, -0.25) is 29.9 Å². The summed E-state index contributed by atoms with van der Waals surface area (Å²) in [5.41, 5.74) is 17.9. The van der Waals surface area contributed by atoms with E-state index in [9.17, 15) is 0 Å². The predicted molar refractivity (Wildman–Crippen MR) is 451 cm³/mol. The van der Waals surface area contributed by atoms with Gasteiger partial charge in [0.15, 0.2) is 0 Å². The van der Waals surface area contributed by atoms with Gasteiger partial charge < -0.3 is 0 Å². The number of hydrogen-bond acceptors (Lipinski definition) is 10. The Bertz CT molecular complexity index is 2260. The van der Waals surface area contributed by atoms with Crippen LogP contribution in [0.25, 0.3) is 0 Å². The fraction of sp³-hybridized carbons (Fsp3) is 0.644. The molecule has 0 unspecified atom stereocenters.